The van der Waals surface area contributed by atoms with Gasteiger partial charge in [-0.15, -0.1) is 0 Å². The van der Waals surface area contributed by atoms with E-state index in [1.807, 2.05) is 6.08 Å². The van der Waals surface area contributed by atoms with Crippen LogP contribution < -0.4 is 5.32 Å². The summed E-state index contributed by atoms with van der Waals surface area (Å²) in [6.07, 6.45) is 56.8. The summed E-state index contributed by atoms with van der Waals surface area (Å²) in [6, 6.07) is -1.03. The summed E-state index contributed by atoms with van der Waals surface area (Å²) < 4.78 is 17.6. The van der Waals surface area contributed by atoms with Gasteiger partial charge in [0.15, 0.2) is 12.4 Å². The second-order valence-electron chi connectivity index (χ2n) is 22.1. The summed E-state index contributed by atoms with van der Waals surface area (Å²) >= 11 is 0. The number of ether oxygens (including phenoxy) is 3. The predicted octanol–water partition coefficient (Wildman–Crippen LogP) is 15.4. The molecular weight excluding hydrogens is 967 g/mol. The van der Waals surface area contributed by atoms with Crippen LogP contribution in [0.15, 0.2) is 60.8 Å². The first-order valence-corrected chi connectivity index (χ1v) is 32.1. The van der Waals surface area contributed by atoms with Crippen molar-refractivity contribution >= 4 is 11.9 Å². The van der Waals surface area contributed by atoms with Gasteiger partial charge in [-0.3, -0.25) is 9.59 Å². The zero-order chi connectivity index (χ0) is 56.1. The Hall–Kier alpha value is -2.64. The maximum atomic E-state index is 13.4. The van der Waals surface area contributed by atoms with E-state index >= 15 is 0 Å². The molecule has 448 valence electrons. The molecule has 8 unspecified atom stereocenters. The van der Waals surface area contributed by atoms with Crippen molar-refractivity contribution in [1.29, 1.82) is 0 Å². The highest BCUT2D eigenvalue weighted by molar-refractivity contribution is 5.80. The Balaban J connectivity index is 2.70. The first-order chi connectivity index (χ1) is 37.7. The van der Waals surface area contributed by atoms with Gasteiger partial charge >= 0.3 is 5.97 Å². The van der Waals surface area contributed by atoms with Crippen molar-refractivity contribution in [3.63, 3.8) is 0 Å². The summed E-state index contributed by atoms with van der Waals surface area (Å²) in [4.78, 5) is 26.6. The molecular formula is C66H119NO10. The van der Waals surface area contributed by atoms with Crippen molar-refractivity contribution in [1.82, 2.24) is 5.32 Å². The van der Waals surface area contributed by atoms with Gasteiger partial charge in [-0.25, -0.2) is 0 Å². The molecule has 0 aliphatic carbocycles. The third-order valence-corrected chi connectivity index (χ3v) is 14.9. The molecule has 1 fully saturated rings. The molecule has 0 aromatic heterocycles. The van der Waals surface area contributed by atoms with E-state index in [1.165, 1.54) is 148 Å². The minimum absolute atomic E-state index is 0.0971. The van der Waals surface area contributed by atoms with E-state index in [4.69, 9.17) is 14.2 Å². The summed E-state index contributed by atoms with van der Waals surface area (Å²) in [6.45, 7) is 5.76. The Kier molecular flexibility index (Phi) is 50.7. The molecule has 1 heterocycles. The number of rotatable bonds is 54. The van der Waals surface area contributed by atoms with Crippen molar-refractivity contribution < 1.29 is 49.3 Å². The van der Waals surface area contributed by atoms with Gasteiger partial charge in [0.05, 0.1) is 25.4 Å². The Morgan fingerprint density at radius 3 is 1.38 bits per heavy atom. The minimum atomic E-state index is -1.62. The van der Waals surface area contributed by atoms with Crippen molar-refractivity contribution in [2.75, 3.05) is 13.2 Å². The molecule has 0 aromatic rings. The van der Waals surface area contributed by atoms with Crippen molar-refractivity contribution in [2.24, 2.45) is 0 Å². The zero-order valence-electron chi connectivity index (χ0n) is 49.6. The highest BCUT2D eigenvalue weighted by Crippen LogP contribution is 2.26. The number of allylic oxidation sites excluding steroid dienone is 9. The molecule has 11 heteroatoms. The van der Waals surface area contributed by atoms with Crippen molar-refractivity contribution in [2.45, 2.75) is 333 Å². The molecule has 8 atom stereocenters. The number of hydrogen-bond acceptors (Lipinski definition) is 10. The molecule has 0 aromatic carbocycles. The van der Waals surface area contributed by atoms with Crippen LogP contribution in [0.2, 0.25) is 0 Å². The lowest BCUT2D eigenvalue weighted by atomic mass is 9.99. The van der Waals surface area contributed by atoms with E-state index in [0.29, 0.717) is 12.8 Å². The first-order valence-electron chi connectivity index (χ1n) is 32.1. The van der Waals surface area contributed by atoms with E-state index in [-0.39, 0.29) is 19.4 Å². The van der Waals surface area contributed by atoms with Gasteiger partial charge in [-0.2, -0.15) is 0 Å². The Labute approximate surface area is 471 Å². The lowest BCUT2D eigenvalue weighted by Gasteiger charge is -2.41. The van der Waals surface area contributed by atoms with Gasteiger partial charge in [0, 0.05) is 6.42 Å². The van der Waals surface area contributed by atoms with Crippen LogP contribution in [0, 0.1) is 0 Å². The number of unbranched alkanes of at least 4 members (excludes halogenated alkanes) is 32. The topological polar surface area (TPSA) is 175 Å². The van der Waals surface area contributed by atoms with Crippen LogP contribution >= 0.6 is 0 Å². The highest BCUT2D eigenvalue weighted by Gasteiger charge is 2.47. The van der Waals surface area contributed by atoms with Gasteiger partial charge in [-0.1, -0.05) is 248 Å². The largest absolute Gasteiger partial charge is 0.454 e. The Morgan fingerprint density at radius 2 is 0.896 bits per heavy atom. The molecule has 0 spiro atoms. The number of hydrogen-bond donors (Lipinski definition) is 6. The molecule has 1 aliphatic rings. The van der Waals surface area contributed by atoms with Gasteiger partial charge in [-0.05, 0) is 89.9 Å². The average Bonchev–Trinajstić information content (AvgIpc) is 3.43. The van der Waals surface area contributed by atoms with Crippen LogP contribution in [-0.2, 0) is 23.8 Å². The normalized spacial score (nSPS) is 19.4. The summed E-state index contributed by atoms with van der Waals surface area (Å²) in [5.74, 6) is -1.22. The molecule has 1 saturated heterocycles. The quantitative estimate of drug-likeness (QED) is 0.0195. The monoisotopic (exact) mass is 1090 g/mol. The standard InChI is InChI=1S/C66H119NO10/c1-4-7-10-13-16-19-22-25-27-29-31-32-35-38-41-44-47-50-53-59(70)65(74)67-57(58(69)52-49-46-43-40-37-34-24-21-18-15-12-9-6-3)56-75-66-64(63(73)62(72)60(55-68)76-66)77-61(71)54-51-48-45-42-39-36-33-30-28-26-23-20-17-14-11-8-5-2/h17,20,25-28,33,36,49,52,57-60,62-64,66,68-70,72-73H,4-16,18-19,21-24,29-32,34-35,37-48,50-51,53-56H2,1-3H3,(H,67,74)/b20-17-,27-25+,28-26-,36-33-,52-49+. The molecule has 1 aliphatic heterocycles. The van der Waals surface area contributed by atoms with E-state index in [2.05, 4.69) is 74.7 Å². The molecule has 0 bridgehead atoms. The second-order valence-corrected chi connectivity index (χ2v) is 22.1. The number of amides is 1. The van der Waals surface area contributed by atoms with Crippen molar-refractivity contribution in [3.8, 4) is 0 Å². The van der Waals surface area contributed by atoms with Crippen LogP contribution in [0.1, 0.15) is 284 Å². The number of aliphatic hydroxyl groups is 5. The summed E-state index contributed by atoms with van der Waals surface area (Å²) in [5.41, 5.74) is 0. The fourth-order valence-corrected chi connectivity index (χ4v) is 9.77. The van der Waals surface area contributed by atoms with E-state index < -0.39 is 67.4 Å². The molecule has 77 heavy (non-hydrogen) atoms. The fraction of sp³-hybridized carbons (Fsp3) is 0.818. The number of nitrogens with one attached hydrogen (secondary N) is 1. The Bertz CT molecular complexity index is 1480. The number of carbonyl (C=O) groups is 2. The van der Waals surface area contributed by atoms with Gasteiger partial charge in [0.25, 0.3) is 0 Å². The lowest BCUT2D eigenvalue weighted by molar-refractivity contribution is -0.305. The van der Waals surface area contributed by atoms with Gasteiger partial charge in [0.1, 0.15) is 24.4 Å². The molecule has 6 N–H and O–H groups in total. The van der Waals surface area contributed by atoms with E-state index in [1.54, 1.807) is 6.08 Å². The van der Waals surface area contributed by atoms with Crippen molar-refractivity contribution in [3.05, 3.63) is 60.8 Å². The second kappa shape index (κ2) is 54.0. The third kappa shape index (κ3) is 42.0. The zero-order valence-corrected chi connectivity index (χ0v) is 49.6. The summed E-state index contributed by atoms with van der Waals surface area (Å²) in [5, 5.41) is 57.0. The van der Waals surface area contributed by atoms with Gasteiger partial charge < -0.3 is 45.1 Å². The van der Waals surface area contributed by atoms with Crippen LogP contribution in [0.5, 0.6) is 0 Å². The molecule has 1 amide bonds. The highest BCUT2D eigenvalue weighted by atomic mass is 16.7. The van der Waals surface area contributed by atoms with E-state index in [9.17, 15) is 35.1 Å². The maximum absolute atomic E-state index is 13.4. The van der Waals surface area contributed by atoms with Crippen LogP contribution in [0.4, 0.5) is 0 Å². The fourth-order valence-electron chi connectivity index (χ4n) is 9.77. The first kappa shape index (κ1) is 72.4. The molecule has 1 rings (SSSR count). The Morgan fingerprint density at radius 1 is 0.506 bits per heavy atom. The predicted molar refractivity (Wildman–Crippen MR) is 320 cm³/mol. The lowest BCUT2D eigenvalue weighted by Crippen LogP contribution is -2.61. The summed E-state index contributed by atoms with van der Waals surface area (Å²) in [7, 11) is 0. The minimum Gasteiger partial charge on any atom is -0.454 e. The average molecular weight is 1090 g/mol. The number of carbonyl (C=O) groups excluding carboxylic acids is 2. The van der Waals surface area contributed by atoms with Crippen LogP contribution in [0.3, 0.4) is 0 Å². The van der Waals surface area contributed by atoms with Gasteiger partial charge in [0.2, 0.25) is 5.91 Å². The van der Waals surface area contributed by atoms with Crippen LogP contribution in [0.25, 0.3) is 0 Å². The maximum Gasteiger partial charge on any atom is 0.306 e. The molecule has 11 nitrogen and oxygen atoms in total. The van der Waals surface area contributed by atoms with E-state index in [0.717, 1.165) is 89.9 Å². The van der Waals surface area contributed by atoms with Crippen LogP contribution in [-0.4, -0.2) is 99.6 Å². The smallest absolute Gasteiger partial charge is 0.306 e. The SMILES string of the molecule is CCCCC/C=C\C/C=C\C/C=C\CCCCCCC(=O)OC1C(OCC(NC(=O)C(O)CCCCCCCCCC/C=C/CCCCCCCC)C(O)/C=C/CCCCCCCCCCCCC)OC(CO)C(O)C1O. The molecule has 0 saturated carbocycles. The molecule has 0 radical (unpaired) electrons. The number of esters is 1. The third-order valence-electron chi connectivity index (χ3n) is 14.9. The number of aliphatic hydroxyl groups excluding tert-OH is 5.